The molecule has 0 aromatic carbocycles. The maximum atomic E-state index is 12.3. The van der Waals surface area contributed by atoms with Crippen molar-refractivity contribution >= 4 is 0 Å². The second kappa shape index (κ2) is 3.92. The molecule has 1 aromatic rings. The molecule has 0 amide bonds. The van der Waals surface area contributed by atoms with Gasteiger partial charge in [0.15, 0.2) is 5.43 Å². The van der Waals surface area contributed by atoms with E-state index < -0.39 is 29.9 Å². The van der Waals surface area contributed by atoms with Crippen LogP contribution in [-0.2, 0) is 6.67 Å². The molecule has 0 aliphatic carbocycles. The van der Waals surface area contributed by atoms with Crippen LogP contribution < -0.4 is 10.2 Å². The lowest BCUT2D eigenvalue weighted by Crippen LogP contribution is -2.22. The van der Waals surface area contributed by atoms with Crippen molar-refractivity contribution in [1.82, 2.24) is 4.98 Å². The number of alkyl halides is 4. The van der Waals surface area contributed by atoms with Crippen molar-refractivity contribution in [3.8, 4) is 5.88 Å². The molecule has 0 radical (unpaired) electrons. The maximum Gasteiger partial charge on any atom is 0.574 e. The second-order valence-electron chi connectivity index (χ2n) is 2.81. The maximum absolute atomic E-state index is 12.3. The third-order valence-electron chi connectivity index (χ3n) is 1.58. The molecule has 1 rings (SSSR count). The van der Waals surface area contributed by atoms with Crippen LogP contribution in [-0.4, -0.2) is 11.3 Å². The van der Waals surface area contributed by atoms with E-state index in [9.17, 15) is 22.4 Å². The number of pyridine rings is 1. The number of ether oxygens (including phenoxy) is 1. The lowest BCUT2D eigenvalue weighted by atomic mass is 10.2. The van der Waals surface area contributed by atoms with Gasteiger partial charge in [-0.25, -0.2) is 4.39 Å². The fourth-order valence-electron chi connectivity index (χ4n) is 1.02. The van der Waals surface area contributed by atoms with E-state index in [4.69, 9.17) is 0 Å². The summed E-state index contributed by atoms with van der Waals surface area (Å²) in [4.78, 5) is 13.2. The van der Waals surface area contributed by atoms with Gasteiger partial charge in [0, 0.05) is 11.8 Å². The third kappa shape index (κ3) is 2.97. The van der Waals surface area contributed by atoms with E-state index in [1.807, 2.05) is 0 Å². The molecule has 1 heterocycles. The standard InChI is InChI=1S/C8H7F4NO2/c1-4-2-6(14)5(3-9)7(13-4)15-8(10,11)12/h2H,3H2,1H3,(H,13,14). The Morgan fingerprint density at radius 3 is 2.53 bits per heavy atom. The topological polar surface area (TPSA) is 42.1 Å². The van der Waals surface area contributed by atoms with Crippen molar-refractivity contribution in [1.29, 1.82) is 0 Å². The van der Waals surface area contributed by atoms with Crippen molar-refractivity contribution in [3.63, 3.8) is 0 Å². The molecular formula is C8H7F4NO2. The molecule has 0 aliphatic rings. The van der Waals surface area contributed by atoms with E-state index >= 15 is 0 Å². The first-order valence-electron chi connectivity index (χ1n) is 3.88. The third-order valence-corrected chi connectivity index (χ3v) is 1.58. The Hall–Kier alpha value is -1.53. The summed E-state index contributed by atoms with van der Waals surface area (Å²) < 4.78 is 51.3. The number of halogens is 4. The highest BCUT2D eigenvalue weighted by Crippen LogP contribution is 2.23. The number of hydrogen-bond donors (Lipinski definition) is 1. The summed E-state index contributed by atoms with van der Waals surface area (Å²) in [6, 6.07) is 0.998. The molecule has 3 nitrogen and oxygen atoms in total. The zero-order valence-electron chi connectivity index (χ0n) is 7.61. The summed E-state index contributed by atoms with van der Waals surface area (Å²) in [7, 11) is 0. The van der Waals surface area contributed by atoms with Crippen molar-refractivity contribution in [2.24, 2.45) is 0 Å². The van der Waals surface area contributed by atoms with Gasteiger partial charge in [-0.15, -0.1) is 13.2 Å². The van der Waals surface area contributed by atoms with E-state index in [1.165, 1.54) is 6.92 Å². The largest absolute Gasteiger partial charge is 0.574 e. The van der Waals surface area contributed by atoms with E-state index in [0.717, 1.165) is 6.07 Å². The van der Waals surface area contributed by atoms with Gasteiger partial charge in [0.1, 0.15) is 6.67 Å². The Balaban J connectivity index is 3.21. The molecule has 7 heteroatoms. The van der Waals surface area contributed by atoms with Gasteiger partial charge in [-0.2, -0.15) is 0 Å². The summed E-state index contributed by atoms with van der Waals surface area (Å²) in [6.07, 6.45) is -4.96. The average molecular weight is 225 g/mol. The van der Waals surface area contributed by atoms with Crippen LogP contribution in [0.5, 0.6) is 5.88 Å². The van der Waals surface area contributed by atoms with Crippen molar-refractivity contribution < 1.29 is 22.3 Å². The molecule has 84 valence electrons. The van der Waals surface area contributed by atoms with E-state index in [2.05, 4.69) is 9.72 Å². The molecule has 0 spiro atoms. The number of aromatic nitrogens is 1. The van der Waals surface area contributed by atoms with E-state index in [-0.39, 0.29) is 5.69 Å². The summed E-state index contributed by atoms with van der Waals surface area (Å²) >= 11 is 0. The second-order valence-corrected chi connectivity index (χ2v) is 2.81. The quantitative estimate of drug-likeness (QED) is 0.782. The minimum atomic E-state index is -4.96. The number of rotatable bonds is 2. The monoisotopic (exact) mass is 225 g/mol. The molecule has 0 saturated heterocycles. The van der Waals surface area contributed by atoms with Crippen LogP contribution in [0, 0.1) is 6.92 Å². The molecule has 1 aromatic heterocycles. The van der Waals surface area contributed by atoms with Gasteiger partial charge in [0.25, 0.3) is 0 Å². The summed E-state index contributed by atoms with van der Waals surface area (Å²) in [5.41, 5.74) is -1.33. The van der Waals surface area contributed by atoms with Gasteiger partial charge in [-0.3, -0.25) is 4.79 Å². The lowest BCUT2D eigenvalue weighted by Gasteiger charge is -2.11. The van der Waals surface area contributed by atoms with Gasteiger partial charge in [0.05, 0.1) is 5.56 Å². The van der Waals surface area contributed by atoms with Gasteiger partial charge in [-0.05, 0) is 6.92 Å². The predicted octanol–water partition coefficient (Wildman–Crippen LogP) is 2.05. The van der Waals surface area contributed by atoms with E-state index in [0.29, 0.717) is 0 Å². The lowest BCUT2D eigenvalue weighted by molar-refractivity contribution is -0.276. The fraction of sp³-hybridized carbons (Fsp3) is 0.375. The molecular weight excluding hydrogens is 218 g/mol. The zero-order valence-corrected chi connectivity index (χ0v) is 7.61. The minimum Gasteiger partial charge on any atom is -0.389 e. The Bertz CT molecular complexity index is 410. The Labute approximate surface area is 81.7 Å². The predicted molar refractivity (Wildman–Crippen MR) is 43.3 cm³/mol. The highest BCUT2D eigenvalue weighted by molar-refractivity contribution is 5.27. The van der Waals surface area contributed by atoms with Crippen LogP contribution in [0.15, 0.2) is 10.9 Å². The first kappa shape index (κ1) is 11.5. The highest BCUT2D eigenvalue weighted by Gasteiger charge is 2.33. The molecule has 15 heavy (non-hydrogen) atoms. The van der Waals surface area contributed by atoms with Gasteiger partial charge in [0.2, 0.25) is 5.88 Å². The molecule has 0 saturated carbocycles. The van der Waals surface area contributed by atoms with Gasteiger partial charge >= 0.3 is 6.36 Å². The van der Waals surface area contributed by atoms with Crippen LogP contribution in [0.25, 0.3) is 0 Å². The first-order valence-corrected chi connectivity index (χ1v) is 3.88. The van der Waals surface area contributed by atoms with Crippen molar-refractivity contribution in [2.75, 3.05) is 0 Å². The molecule has 0 unspecified atom stereocenters. The molecule has 0 aliphatic heterocycles. The summed E-state index contributed by atoms with van der Waals surface area (Å²) in [5.74, 6) is -0.894. The van der Waals surface area contributed by atoms with E-state index in [1.54, 1.807) is 0 Å². The van der Waals surface area contributed by atoms with Gasteiger partial charge < -0.3 is 9.72 Å². The summed E-state index contributed by atoms with van der Waals surface area (Å²) in [6.45, 7) is 0.0493. The smallest absolute Gasteiger partial charge is 0.389 e. The number of H-pyrrole nitrogens is 1. The number of aromatic amines is 1. The number of nitrogens with one attached hydrogen (secondary N) is 1. The zero-order chi connectivity index (χ0) is 11.6. The number of hydrogen-bond acceptors (Lipinski definition) is 2. The molecule has 1 N–H and O–H groups in total. The van der Waals surface area contributed by atoms with Crippen LogP contribution in [0.1, 0.15) is 11.3 Å². The van der Waals surface area contributed by atoms with Crippen LogP contribution >= 0.6 is 0 Å². The molecule has 0 bridgehead atoms. The van der Waals surface area contributed by atoms with Crippen LogP contribution in [0.4, 0.5) is 17.6 Å². The first-order chi connectivity index (χ1) is 6.83. The summed E-state index contributed by atoms with van der Waals surface area (Å²) in [5, 5.41) is 0. The Morgan fingerprint density at radius 1 is 1.47 bits per heavy atom. The Kier molecular flexibility index (Phi) is 3.01. The average Bonchev–Trinajstić information content (AvgIpc) is 1.99. The van der Waals surface area contributed by atoms with Crippen molar-refractivity contribution in [3.05, 3.63) is 27.5 Å². The van der Waals surface area contributed by atoms with Crippen LogP contribution in [0.2, 0.25) is 0 Å². The fourth-order valence-corrected chi connectivity index (χ4v) is 1.02. The highest BCUT2D eigenvalue weighted by atomic mass is 19.4. The van der Waals surface area contributed by atoms with Crippen LogP contribution in [0.3, 0.4) is 0 Å². The van der Waals surface area contributed by atoms with Gasteiger partial charge in [-0.1, -0.05) is 0 Å². The SMILES string of the molecule is Cc1cc(=O)c(CF)c(OC(F)(F)F)[nH]1. The van der Waals surface area contributed by atoms with Crippen molar-refractivity contribution in [2.45, 2.75) is 20.0 Å². The molecule has 0 fully saturated rings. The number of aryl methyl sites for hydroxylation is 1. The Morgan fingerprint density at radius 2 is 2.07 bits per heavy atom. The molecule has 0 atom stereocenters. The minimum absolute atomic E-state index is 0.163. The normalized spacial score (nSPS) is 11.5.